The smallest absolute Gasteiger partial charge is 0.161 e. The number of thioether (sulfide) groups is 1. The van der Waals surface area contributed by atoms with E-state index in [9.17, 15) is 4.79 Å². The van der Waals surface area contributed by atoms with Gasteiger partial charge in [0.2, 0.25) is 0 Å². The van der Waals surface area contributed by atoms with Crippen LogP contribution in [-0.4, -0.2) is 16.9 Å². The molecule has 122 valence electrons. The fourth-order valence-corrected chi connectivity index (χ4v) is 3.82. The number of aliphatic imine (C=N–C) groups is 1. The average molecular weight is 331 g/mol. The topological polar surface area (TPSA) is 94.6 Å². The molecule has 2 heterocycles. The van der Waals surface area contributed by atoms with E-state index in [1.54, 1.807) is 11.8 Å². The molecule has 1 unspecified atom stereocenters. The molecule has 1 aromatic rings. The molecule has 0 fully saturated rings. The van der Waals surface area contributed by atoms with Crippen molar-refractivity contribution in [2.24, 2.45) is 16.5 Å². The number of hydrogen-bond donors (Lipinski definition) is 2. The van der Waals surface area contributed by atoms with E-state index in [-0.39, 0.29) is 11.7 Å². The lowest BCUT2D eigenvalue weighted by molar-refractivity contribution is -0.116. The summed E-state index contributed by atoms with van der Waals surface area (Å²) in [4.78, 5) is 16.9. The van der Waals surface area contributed by atoms with Crippen LogP contribution in [0.2, 0.25) is 0 Å². The van der Waals surface area contributed by atoms with Crippen molar-refractivity contribution < 1.29 is 9.21 Å². The van der Waals surface area contributed by atoms with E-state index >= 15 is 0 Å². The molecule has 0 radical (unpaired) electrons. The van der Waals surface area contributed by atoms with E-state index in [0.29, 0.717) is 34.4 Å². The van der Waals surface area contributed by atoms with Crippen LogP contribution >= 0.6 is 11.8 Å². The molecule has 23 heavy (non-hydrogen) atoms. The summed E-state index contributed by atoms with van der Waals surface area (Å²) in [5, 5.41) is 1.25. The van der Waals surface area contributed by atoms with Gasteiger partial charge in [-0.1, -0.05) is 25.6 Å². The molecule has 0 spiro atoms. The first-order chi connectivity index (χ1) is 11.0. The maximum absolute atomic E-state index is 12.5. The molecule has 2 aliphatic rings. The van der Waals surface area contributed by atoms with Crippen molar-refractivity contribution in [1.29, 1.82) is 0 Å². The number of carbonyl (C=O) groups is 1. The Balaban J connectivity index is 2.07. The van der Waals surface area contributed by atoms with Crippen LogP contribution in [0.25, 0.3) is 0 Å². The normalized spacial score (nSPS) is 23.4. The van der Waals surface area contributed by atoms with Crippen LogP contribution in [0.5, 0.6) is 0 Å². The molecule has 1 atom stereocenters. The molecular weight excluding hydrogens is 310 g/mol. The molecule has 1 aromatic heterocycles. The van der Waals surface area contributed by atoms with Gasteiger partial charge in [0.15, 0.2) is 10.9 Å². The van der Waals surface area contributed by atoms with E-state index in [2.05, 4.69) is 18.8 Å². The highest BCUT2D eigenvalue weighted by molar-refractivity contribution is 7.99. The Morgan fingerprint density at radius 3 is 2.87 bits per heavy atom. The van der Waals surface area contributed by atoms with E-state index in [0.717, 1.165) is 23.6 Å². The van der Waals surface area contributed by atoms with Crippen LogP contribution in [0.3, 0.4) is 0 Å². The highest BCUT2D eigenvalue weighted by Gasteiger charge is 2.37. The van der Waals surface area contributed by atoms with Crippen LogP contribution in [0.4, 0.5) is 0 Å². The molecule has 0 bridgehead atoms. The second-order valence-corrected chi connectivity index (χ2v) is 7.59. The summed E-state index contributed by atoms with van der Waals surface area (Å²) in [7, 11) is 0. The van der Waals surface area contributed by atoms with Crippen molar-refractivity contribution in [2.75, 3.05) is 0 Å². The van der Waals surface area contributed by atoms with Gasteiger partial charge < -0.3 is 15.9 Å². The van der Waals surface area contributed by atoms with Gasteiger partial charge in [0, 0.05) is 29.0 Å². The summed E-state index contributed by atoms with van der Waals surface area (Å²) in [6.45, 7) is 4.21. The Kier molecular flexibility index (Phi) is 4.35. The zero-order chi connectivity index (χ0) is 16.6. The van der Waals surface area contributed by atoms with Crippen LogP contribution in [0.1, 0.15) is 44.8 Å². The molecule has 0 amide bonds. The number of rotatable bonds is 3. The second-order valence-electron chi connectivity index (χ2n) is 6.01. The first-order valence-corrected chi connectivity index (χ1v) is 8.68. The van der Waals surface area contributed by atoms with Crippen molar-refractivity contribution >= 4 is 23.4 Å². The second kappa shape index (κ2) is 6.28. The predicted octanol–water partition coefficient (Wildman–Crippen LogP) is 3.08. The van der Waals surface area contributed by atoms with Gasteiger partial charge in [0.1, 0.15) is 11.6 Å². The molecular formula is C17H21N3O2S. The Hall–Kier alpha value is -1.95. The van der Waals surface area contributed by atoms with Crippen molar-refractivity contribution in [3.8, 4) is 0 Å². The lowest BCUT2D eigenvalue weighted by Gasteiger charge is -2.29. The zero-order valence-corrected chi connectivity index (χ0v) is 14.2. The van der Waals surface area contributed by atoms with Gasteiger partial charge in [0.05, 0.1) is 11.6 Å². The third-order valence-electron chi connectivity index (χ3n) is 4.00. The number of ketones is 1. The predicted molar refractivity (Wildman–Crippen MR) is 92.2 cm³/mol. The molecule has 6 heteroatoms. The standard InChI is InChI=1S/C17H21N3O2S/c1-9(2)23-14-7-6-13(22-14)15-10(8-18)17(19)20-11-4-3-5-12(21)16(11)15/h6-9,15H,3-5,18H2,1-2H3,(H2,19,20)/b10-8-. The van der Waals surface area contributed by atoms with Crippen LogP contribution in [0.15, 0.2) is 49.7 Å². The Bertz CT molecular complexity index is 728. The van der Waals surface area contributed by atoms with Crippen LogP contribution in [0, 0.1) is 0 Å². The first kappa shape index (κ1) is 15.9. The van der Waals surface area contributed by atoms with Crippen molar-refractivity contribution in [2.45, 2.75) is 49.4 Å². The van der Waals surface area contributed by atoms with Gasteiger partial charge in [-0.3, -0.25) is 4.79 Å². The third kappa shape index (κ3) is 2.95. The Morgan fingerprint density at radius 2 is 2.17 bits per heavy atom. The largest absolute Gasteiger partial charge is 0.454 e. The third-order valence-corrected chi connectivity index (χ3v) is 4.92. The van der Waals surface area contributed by atoms with Gasteiger partial charge in [-0.25, -0.2) is 4.99 Å². The van der Waals surface area contributed by atoms with E-state index < -0.39 is 0 Å². The number of amidine groups is 1. The SMILES string of the molecule is CC(C)Sc1ccc(C2C3=C(CCCC3=O)N=C(N)/C2=C\N)o1. The lowest BCUT2D eigenvalue weighted by Crippen LogP contribution is -2.30. The Labute approximate surface area is 139 Å². The number of allylic oxidation sites excluding steroid dienone is 2. The number of carbonyl (C=O) groups excluding carboxylic acids is 1. The number of furan rings is 1. The van der Waals surface area contributed by atoms with E-state index in [1.807, 2.05) is 12.1 Å². The maximum atomic E-state index is 12.5. The summed E-state index contributed by atoms with van der Waals surface area (Å²) >= 11 is 1.64. The minimum absolute atomic E-state index is 0.112. The molecule has 3 rings (SSSR count). The molecule has 4 N–H and O–H groups in total. The van der Waals surface area contributed by atoms with Gasteiger partial charge >= 0.3 is 0 Å². The lowest BCUT2D eigenvalue weighted by atomic mass is 9.78. The molecule has 0 saturated carbocycles. The number of nitrogens with two attached hydrogens (primary N) is 2. The number of nitrogens with zero attached hydrogens (tertiary/aromatic N) is 1. The Morgan fingerprint density at radius 1 is 1.39 bits per heavy atom. The van der Waals surface area contributed by atoms with Crippen LogP contribution in [-0.2, 0) is 4.79 Å². The first-order valence-electron chi connectivity index (χ1n) is 7.80. The maximum Gasteiger partial charge on any atom is 0.161 e. The molecule has 1 aliphatic heterocycles. The number of hydrogen-bond acceptors (Lipinski definition) is 6. The van der Waals surface area contributed by atoms with Crippen molar-refractivity contribution in [1.82, 2.24) is 0 Å². The van der Waals surface area contributed by atoms with E-state index in [4.69, 9.17) is 15.9 Å². The summed E-state index contributed by atoms with van der Waals surface area (Å²) in [6, 6.07) is 3.84. The molecule has 0 saturated heterocycles. The highest BCUT2D eigenvalue weighted by Crippen LogP contribution is 2.43. The van der Waals surface area contributed by atoms with Gasteiger partial charge in [-0.15, -0.1) is 0 Å². The number of Topliss-reactive ketones (excluding diaryl/α,β-unsaturated/α-hetero) is 1. The zero-order valence-electron chi connectivity index (χ0n) is 13.3. The van der Waals surface area contributed by atoms with Gasteiger partial charge in [0.25, 0.3) is 0 Å². The highest BCUT2D eigenvalue weighted by atomic mass is 32.2. The minimum Gasteiger partial charge on any atom is -0.454 e. The minimum atomic E-state index is -0.346. The molecule has 1 aliphatic carbocycles. The quantitative estimate of drug-likeness (QED) is 0.830. The fourth-order valence-electron chi connectivity index (χ4n) is 3.07. The van der Waals surface area contributed by atoms with Crippen molar-refractivity contribution in [3.63, 3.8) is 0 Å². The van der Waals surface area contributed by atoms with E-state index in [1.165, 1.54) is 6.20 Å². The average Bonchev–Trinajstić information content (AvgIpc) is 2.93. The monoisotopic (exact) mass is 331 g/mol. The molecule has 5 nitrogen and oxygen atoms in total. The van der Waals surface area contributed by atoms with Gasteiger partial charge in [-0.2, -0.15) is 0 Å². The molecule has 0 aromatic carbocycles. The summed E-state index contributed by atoms with van der Waals surface area (Å²) in [5.41, 5.74) is 14.0. The summed E-state index contributed by atoms with van der Waals surface area (Å²) < 4.78 is 5.98. The van der Waals surface area contributed by atoms with Gasteiger partial charge in [-0.05, 0) is 25.0 Å². The summed E-state index contributed by atoms with van der Waals surface area (Å²) in [6.07, 6.45) is 3.56. The summed E-state index contributed by atoms with van der Waals surface area (Å²) in [5.74, 6) is 0.842. The fraction of sp³-hybridized carbons (Fsp3) is 0.412. The van der Waals surface area contributed by atoms with Crippen molar-refractivity contribution in [3.05, 3.63) is 40.9 Å². The van der Waals surface area contributed by atoms with Crippen LogP contribution < -0.4 is 11.5 Å².